The molecule has 3 unspecified atom stereocenters. The van der Waals surface area contributed by atoms with Crippen LogP contribution in [0.5, 0.6) is 0 Å². The van der Waals surface area contributed by atoms with Crippen LogP contribution in [0.3, 0.4) is 0 Å². The molecule has 3 atom stereocenters. The first-order valence-electron chi connectivity index (χ1n) is 5.72. The summed E-state index contributed by atoms with van der Waals surface area (Å²) >= 11 is 0. The zero-order valence-electron chi connectivity index (χ0n) is 9.73. The van der Waals surface area contributed by atoms with Gasteiger partial charge in [0.1, 0.15) is 6.29 Å². The smallest absolute Gasteiger partial charge is 0.126 e. The van der Waals surface area contributed by atoms with Crippen LogP contribution in [0.1, 0.15) is 18.1 Å². The zero-order valence-corrected chi connectivity index (χ0v) is 9.73. The van der Waals surface area contributed by atoms with E-state index in [0.717, 1.165) is 12.7 Å². The summed E-state index contributed by atoms with van der Waals surface area (Å²) in [5, 5.41) is 0. The summed E-state index contributed by atoms with van der Waals surface area (Å²) in [4.78, 5) is 11.0. The van der Waals surface area contributed by atoms with Crippen molar-refractivity contribution in [1.82, 2.24) is 10.9 Å². The molecule has 2 rings (SSSR count). The van der Waals surface area contributed by atoms with E-state index in [1.807, 2.05) is 6.92 Å². The third-order valence-corrected chi connectivity index (χ3v) is 3.27. The summed E-state index contributed by atoms with van der Waals surface area (Å²) in [6, 6.07) is 8.89. The Bertz CT molecular complexity index is 361. The van der Waals surface area contributed by atoms with Gasteiger partial charge in [0, 0.05) is 18.0 Å². The van der Waals surface area contributed by atoms with Gasteiger partial charge in [0.05, 0.1) is 0 Å². The second kappa shape index (κ2) is 4.76. The van der Waals surface area contributed by atoms with Crippen LogP contribution in [0.25, 0.3) is 0 Å². The Balaban J connectivity index is 2.04. The summed E-state index contributed by atoms with van der Waals surface area (Å²) < 4.78 is 0. The lowest BCUT2D eigenvalue weighted by Gasteiger charge is -2.15. The number of hydrazine groups is 1. The Kier molecular flexibility index (Phi) is 3.36. The summed E-state index contributed by atoms with van der Waals surface area (Å²) in [6.45, 7) is 4.11. The van der Waals surface area contributed by atoms with E-state index in [2.05, 4.69) is 42.0 Å². The maximum atomic E-state index is 11.0. The van der Waals surface area contributed by atoms with E-state index >= 15 is 0 Å². The molecule has 1 saturated heterocycles. The Hall–Kier alpha value is -1.19. The van der Waals surface area contributed by atoms with E-state index in [0.29, 0.717) is 0 Å². The van der Waals surface area contributed by atoms with Crippen LogP contribution >= 0.6 is 0 Å². The number of rotatable bonds is 3. The summed E-state index contributed by atoms with van der Waals surface area (Å²) in [6.07, 6.45) is 1.94. The van der Waals surface area contributed by atoms with Crippen molar-refractivity contribution in [3.05, 3.63) is 35.4 Å². The van der Waals surface area contributed by atoms with Gasteiger partial charge in [-0.1, -0.05) is 29.8 Å². The fourth-order valence-corrected chi connectivity index (χ4v) is 2.16. The molecule has 1 aromatic rings. The molecule has 0 aromatic heterocycles. The van der Waals surface area contributed by atoms with Crippen molar-refractivity contribution in [2.45, 2.75) is 32.4 Å². The van der Waals surface area contributed by atoms with Crippen molar-refractivity contribution >= 4 is 6.29 Å². The number of carbonyl (C=O) groups excluding carboxylic acids is 1. The van der Waals surface area contributed by atoms with Crippen LogP contribution in [-0.2, 0) is 11.2 Å². The van der Waals surface area contributed by atoms with Crippen LogP contribution in [0.15, 0.2) is 24.3 Å². The molecule has 86 valence electrons. The Labute approximate surface area is 96.2 Å². The van der Waals surface area contributed by atoms with Gasteiger partial charge in [-0.15, -0.1) is 0 Å². The molecule has 0 aliphatic carbocycles. The SMILES string of the molecule is Cc1ccc(CC2NNC(C)C2C=O)cc1. The van der Waals surface area contributed by atoms with E-state index in [1.165, 1.54) is 11.1 Å². The largest absolute Gasteiger partial charge is 0.303 e. The molecule has 3 nitrogen and oxygen atoms in total. The number of benzene rings is 1. The lowest BCUT2D eigenvalue weighted by atomic mass is 9.92. The van der Waals surface area contributed by atoms with Gasteiger partial charge in [-0.2, -0.15) is 0 Å². The van der Waals surface area contributed by atoms with E-state index in [4.69, 9.17) is 0 Å². The molecule has 3 heteroatoms. The Morgan fingerprint density at radius 3 is 2.56 bits per heavy atom. The average Bonchev–Trinajstić information content (AvgIpc) is 2.63. The van der Waals surface area contributed by atoms with Crippen molar-refractivity contribution in [3.63, 3.8) is 0 Å². The number of hydrogen-bond donors (Lipinski definition) is 2. The standard InChI is InChI=1S/C13H18N2O/c1-9-3-5-11(6-4-9)7-13-12(8-16)10(2)14-15-13/h3-6,8,10,12-15H,7H2,1-2H3. The first kappa shape index (κ1) is 11.3. The minimum absolute atomic E-state index is 0.0568. The zero-order chi connectivity index (χ0) is 11.5. The maximum Gasteiger partial charge on any atom is 0.126 e. The van der Waals surface area contributed by atoms with Gasteiger partial charge >= 0.3 is 0 Å². The first-order valence-corrected chi connectivity index (χ1v) is 5.72. The van der Waals surface area contributed by atoms with Crippen LogP contribution in [-0.4, -0.2) is 18.4 Å². The number of carbonyl (C=O) groups is 1. The van der Waals surface area contributed by atoms with Crippen molar-refractivity contribution < 1.29 is 4.79 Å². The van der Waals surface area contributed by atoms with E-state index in [1.54, 1.807) is 0 Å². The van der Waals surface area contributed by atoms with Crippen LogP contribution in [0.2, 0.25) is 0 Å². The molecule has 0 spiro atoms. The third-order valence-electron chi connectivity index (χ3n) is 3.27. The Morgan fingerprint density at radius 1 is 1.25 bits per heavy atom. The van der Waals surface area contributed by atoms with Gasteiger partial charge in [-0.05, 0) is 25.8 Å². The number of aldehydes is 1. The molecule has 1 heterocycles. The lowest BCUT2D eigenvalue weighted by molar-refractivity contribution is -0.111. The summed E-state index contributed by atoms with van der Waals surface area (Å²) in [5.41, 5.74) is 8.84. The molecular weight excluding hydrogens is 200 g/mol. The maximum absolute atomic E-state index is 11.0. The third kappa shape index (κ3) is 2.31. The van der Waals surface area contributed by atoms with E-state index in [-0.39, 0.29) is 18.0 Å². The highest BCUT2D eigenvalue weighted by Crippen LogP contribution is 2.17. The van der Waals surface area contributed by atoms with E-state index in [9.17, 15) is 4.79 Å². The second-order valence-corrected chi connectivity index (χ2v) is 4.59. The predicted octanol–water partition coefficient (Wildman–Crippen LogP) is 1.22. The first-order chi connectivity index (χ1) is 7.70. The fraction of sp³-hybridized carbons (Fsp3) is 0.462. The van der Waals surface area contributed by atoms with Crippen LogP contribution in [0, 0.1) is 12.8 Å². The molecule has 16 heavy (non-hydrogen) atoms. The highest BCUT2D eigenvalue weighted by Gasteiger charge is 2.32. The van der Waals surface area contributed by atoms with Crippen molar-refractivity contribution in [3.8, 4) is 0 Å². The van der Waals surface area contributed by atoms with Crippen molar-refractivity contribution in [2.24, 2.45) is 5.92 Å². The highest BCUT2D eigenvalue weighted by atomic mass is 16.1. The van der Waals surface area contributed by atoms with Gasteiger partial charge in [0.15, 0.2) is 0 Å². The quantitative estimate of drug-likeness (QED) is 0.749. The van der Waals surface area contributed by atoms with Gasteiger partial charge in [-0.25, -0.2) is 0 Å². The fourth-order valence-electron chi connectivity index (χ4n) is 2.16. The topological polar surface area (TPSA) is 41.1 Å². The van der Waals surface area contributed by atoms with Crippen molar-refractivity contribution in [2.75, 3.05) is 0 Å². The molecular formula is C13H18N2O. The van der Waals surface area contributed by atoms with Crippen LogP contribution < -0.4 is 10.9 Å². The van der Waals surface area contributed by atoms with Gasteiger partial charge < -0.3 is 4.79 Å². The number of hydrogen-bond acceptors (Lipinski definition) is 3. The number of aryl methyl sites for hydroxylation is 1. The molecule has 0 bridgehead atoms. The molecule has 0 saturated carbocycles. The van der Waals surface area contributed by atoms with Gasteiger partial charge in [0.2, 0.25) is 0 Å². The van der Waals surface area contributed by atoms with Gasteiger partial charge in [-0.3, -0.25) is 10.9 Å². The van der Waals surface area contributed by atoms with Crippen molar-refractivity contribution in [1.29, 1.82) is 0 Å². The molecule has 1 aromatic carbocycles. The minimum atomic E-state index is 0.0568. The molecule has 0 amide bonds. The molecule has 1 fully saturated rings. The molecule has 1 aliphatic heterocycles. The normalized spacial score (nSPS) is 29.2. The second-order valence-electron chi connectivity index (χ2n) is 4.59. The predicted molar refractivity (Wildman–Crippen MR) is 64.0 cm³/mol. The van der Waals surface area contributed by atoms with Gasteiger partial charge in [0.25, 0.3) is 0 Å². The monoisotopic (exact) mass is 218 g/mol. The van der Waals surface area contributed by atoms with E-state index < -0.39 is 0 Å². The summed E-state index contributed by atoms with van der Waals surface area (Å²) in [7, 11) is 0. The molecule has 0 radical (unpaired) electrons. The molecule has 1 aliphatic rings. The molecule has 2 N–H and O–H groups in total. The Morgan fingerprint density at radius 2 is 1.94 bits per heavy atom. The van der Waals surface area contributed by atoms with Crippen LogP contribution in [0.4, 0.5) is 0 Å². The highest BCUT2D eigenvalue weighted by molar-refractivity contribution is 5.57. The lowest BCUT2D eigenvalue weighted by Crippen LogP contribution is -2.34. The summed E-state index contributed by atoms with van der Waals surface area (Å²) in [5.74, 6) is 0.0568. The minimum Gasteiger partial charge on any atom is -0.303 e. The average molecular weight is 218 g/mol. The number of nitrogens with one attached hydrogen (secondary N) is 2.